The van der Waals surface area contributed by atoms with Crippen molar-refractivity contribution in [2.45, 2.75) is 13.3 Å². The van der Waals surface area contributed by atoms with E-state index in [1.165, 1.54) is 36.5 Å². The summed E-state index contributed by atoms with van der Waals surface area (Å²) in [6, 6.07) is 10.2. The third-order valence-corrected chi connectivity index (χ3v) is 3.73. The molecule has 0 unspecified atom stereocenters. The van der Waals surface area contributed by atoms with E-state index in [-0.39, 0.29) is 11.4 Å². The van der Waals surface area contributed by atoms with Crippen LogP contribution < -0.4 is 16.4 Å². The van der Waals surface area contributed by atoms with Gasteiger partial charge >= 0.3 is 0 Å². The van der Waals surface area contributed by atoms with Gasteiger partial charge in [-0.15, -0.1) is 0 Å². The van der Waals surface area contributed by atoms with Gasteiger partial charge in [0.2, 0.25) is 5.95 Å². The molecule has 0 amide bonds. The number of nitrogen functional groups attached to an aromatic ring is 1. The normalized spacial score (nSPS) is 10.1. The van der Waals surface area contributed by atoms with Crippen LogP contribution >= 0.6 is 0 Å². The summed E-state index contributed by atoms with van der Waals surface area (Å²) in [6.07, 6.45) is 2.41. The minimum atomic E-state index is -0.449. The molecule has 1 aromatic heterocycles. The summed E-state index contributed by atoms with van der Waals surface area (Å²) in [6.45, 7) is 2.70. The highest BCUT2D eigenvalue weighted by Gasteiger charge is 2.07. The molecule has 0 aliphatic heterocycles. The fourth-order valence-electron chi connectivity index (χ4n) is 2.38. The second-order valence-corrected chi connectivity index (χ2v) is 6.01. The second-order valence-electron chi connectivity index (χ2n) is 6.01. The first-order valence-corrected chi connectivity index (χ1v) is 8.75. The van der Waals surface area contributed by atoms with Crippen LogP contribution in [0.5, 0.6) is 0 Å². The lowest BCUT2D eigenvalue weighted by Gasteiger charge is -2.10. The summed E-state index contributed by atoms with van der Waals surface area (Å²) in [5.74, 6) is 5.65. The molecule has 0 atom stereocenters. The van der Waals surface area contributed by atoms with E-state index in [1.54, 1.807) is 12.1 Å². The van der Waals surface area contributed by atoms with Crippen molar-refractivity contribution in [3.8, 4) is 11.8 Å². The van der Waals surface area contributed by atoms with Gasteiger partial charge in [-0.3, -0.25) is 0 Å². The van der Waals surface area contributed by atoms with Crippen molar-refractivity contribution in [1.82, 2.24) is 9.97 Å². The minimum Gasteiger partial charge on any atom is -0.399 e. The van der Waals surface area contributed by atoms with E-state index in [4.69, 9.17) is 5.73 Å². The van der Waals surface area contributed by atoms with Crippen molar-refractivity contribution in [2.24, 2.45) is 0 Å². The Morgan fingerprint density at radius 1 is 1.07 bits per heavy atom. The lowest BCUT2D eigenvalue weighted by atomic mass is 10.2. The summed E-state index contributed by atoms with van der Waals surface area (Å²) in [5.41, 5.74) is 7.36. The van der Waals surface area contributed by atoms with E-state index in [0.717, 1.165) is 6.42 Å². The zero-order valence-electron chi connectivity index (χ0n) is 15.3. The lowest BCUT2D eigenvalue weighted by molar-refractivity contribution is 0.624. The van der Waals surface area contributed by atoms with Crippen molar-refractivity contribution < 1.29 is 8.78 Å². The molecular weight excluding hydrogens is 360 g/mol. The smallest absolute Gasteiger partial charge is 0.229 e. The van der Waals surface area contributed by atoms with Crippen molar-refractivity contribution in [3.05, 3.63) is 71.4 Å². The van der Waals surface area contributed by atoms with Crippen molar-refractivity contribution in [1.29, 1.82) is 0 Å². The van der Waals surface area contributed by atoms with Gasteiger partial charge in [-0.1, -0.05) is 24.8 Å². The maximum absolute atomic E-state index is 13.9. The van der Waals surface area contributed by atoms with E-state index < -0.39 is 5.82 Å². The average Bonchev–Trinajstić information content (AvgIpc) is 2.68. The summed E-state index contributed by atoms with van der Waals surface area (Å²) < 4.78 is 27.2. The van der Waals surface area contributed by atoms with Crippen molar-refractivity contribution in [3.63, 3.8) is 0 Å². The third kappa shape index (κ3) is 4.95. The molecule has 0 aliphatic carbocycles. The molecule has 1 heterocycles. The monoisotopic (exact) mass is 379 g/mol. The van der Waals surface area contributed by atoms with Gasteiger partial charge in [-0.2, -0.15) is 4.98 Å². The molecular formula is C21H19F2N5. The van der Waals surface area contributed by atoms with E-state index in [9.17, 15) is 8.78 Å². The standard InChI is InChI=1S/C21H19F2N5/c1-2-10-25-20-15(7-6-14-11-17(24)8-9-19(14)23)13-26-21(28-20)27-18-5-3-4-16(22)12-18/h3-5,8-9,11-13H,2,10,24H2,1H3,(H2,25,26,27,28). The second kappa shape index (κ2) is 8.82. The van der Waals surface area contributed by atoms with Crippen LogP contribution in [0.1, 0.15) is 24.5 Å². The molecule has 0 radical (unpaired) electrons. The Bertz CT molecular complexity index is 1040. The molecule has 7 heteroatoms. The fraction of sp³-hybridized carbons (Fsp3) is 0.143. The highest BCUT2D eigenvalue weighted by atomic mass is 19.1. The number of halogens is 2. The fourth-order valence-corrected chi connectivity index (χ4v) is 2.38. The number of nitrogens with two attached hydrogens (primary N) is 1. The number of hydrogen-bond donors (Lipinski definition) is 3. The molecule has 142 valence electrons. The van der Waals surface area contributed by atoms with Gasteiger partial charge in [0.05, 0.1) is 17.3 Å². The Kier molecular flexibility index (Phi) is 6.02. The highest BCUT2D eigenvalue weighted by molar-refractivity contribution is 5.61. The number of nitrogens with zero attached hydrogens (tertiary/aromatic N) is 2. The van der Waals surface area contributed by atoms with Crippen molar-refractivity contribution in [2.75, 3.05) is 22.9 Å². The molecule has 0 saturated heterocycles. The zero-order valence-corrected chi connectivity index (χ0v) is 15.3. The Morgan fingerprint density at radius 3 is 2.68 bits per heavy atom. The molecule has 4 N–H and O–H groups in total. The maximum Gasteiger partial charge on any atom is 0.229 e. The highest BCUT2D eigenvalue weighted by Crippen LogP contribution is 2.18. The first-order chi connectivity index (χ1) is 13.5. The quantitative estimate of drug-likeness (QED) is 0.455. The Hall–Kier alpha value is -3.66. The van der Waals surface area contributed by atoms with E-state index in [1.807, 2.05) is 6.92 Å². The molecule has 5 nitrogen and oxygen atoms in total. The Balaban J connectivity index is 1.91. The van der Waals surface area contributed by atoms with Gasteiger partial charge in [0.1, 0.15) is 17.5 Å². The number of anilines is 4. The van der Waals surface area contributed by atoms with Gasteiger partial charge in [-0.05, 0) is 42.8 Å². The van der Waals surface area contributed by atoms with Crippen LogP contribution in [0.15, 0.2) is 48.7 Å². The maximum atomic E-state index is 13.9. The van der Waals surface area contributed by atoms with Gasteiger partial charge in [0.15, 0.2) is 0 Å². The first kappa shape index (κ1) is 19.1. The number of nitrogens with one attached hydrogen (secondary N) is 2. The summed E-state index contributed by atoms with van der Waals surface area (Å²) in [7, 11) is 0. The largest absolute Gasteiger partial charge is 0.399 e. The van der Waals surface area contributed by atoms with Gasteiger partial charge in [0.25, 0.3) is 0 Å². The van der Waals surface area contributed by atoms with E-state index in [2.05, 4.69) is 32.4 Å². The summed E-state index contributed by atoms with van der Waals surface area (Å²) in [4.78, 5) is 8.63. The van der Waals surface area contributed by atoms with Crippen LogP contribution in [0.2, 0.25) is 0 Å². The van der Waals surface area contributed by atoms with E-state index in [0.29, 0.717) is 35.2 Å². The van der Waals surface area contributed by atoms with Gasteiger partial charge in [0, 0.05) is 17.9 Å². The predicted octanol–water partition coefficient (Wildman–Crippen LogP) is 4.30. The van der Waals surface area contributed by atoms with Crippen LogP contribution in [-0.2, 0) is 0 Å². The number of hydrogen-bond acceptors (Lipinski definition) is 5. The van der Waals surface area contributed by atoms with Crippen LogP contribution in [-0.4, -0.2) is 16.5 Å². The predicted molar refractivity (Wildman–Crippen MR) is 107 cm³/mol. The van der Waals surface area contributed by atoms with E-state index >= 15 is 0 Å². The first-order valence-electron chi connectivity index (χ1n) is 8.75. The molecule has 2 aromatic carbocycles. The Labute approximate surface area is 162 Å². The number of rotatable bonds is 5. The molecule has 0 spiro atoms. The summed E-state index contributed by atoms with van der Waals surface area (Å²) in [5, 5.41) is 6.13. The third-order valence-electron chi connectivity index (χ3n) is 3.73. The Morgan fingerprint density at radius 2 is 1.89 bits per heavy atom. The van der Waals surface area contributed by atoms with Crippen LogP contribution in [0.25, 0.3) is 0 Å². The topological polar surface area (TPSA) is 75.9 Å². The lowest BCUT2D eigenvalue weighted by Crippen LogP contribution is -2.07. The average molecular weight is 379 g/mol. The van der Waals surface area contributed by atoms with Gasteiger partial charge < -0.3 is 16.4 Å². The summed E-state index contributed by atoms with van der Waals surface area (Å²) >= 11 is 0. The number of aromatic nitrogens is 2. The molecule has 28 heavy (non-hydrogen) atoms. The molecule has 3 aromatic rings. The molecule has 0 aliphatic rings. The van der Waals surface area contributed by atoms with Crippen LogP contribution in [0.3, 0.4) is 0 Å². The zero-order chi connectivity index (χ0) is 19.9. The van der Waals surface area contributed by atoms with Crippen molar-refractivity contribution >= 4 is 23.1 Å². The minimum absolute atomic E-state index is 0.198. The molecule has 3 rings (SSSR count). The molecule has 0 fully saturated rings. The number of benzene rings is 2. The van der Waals surface area contributed by atoms with Crippen LogP contribution in [0, 0.1) is 23.5 Å². The van der Waals surface area contributed by atoms with Crippen LogP contribution in [0.4, 0.5) is 31.9 Å². The molecule has 0 bridgehead atoms. The SMILES string of the molecule is CCCNc1nc(Nc2cccc(F)c2)ncc1C#Cc1cc(N)ccc1F. The van der Waals surface area contributed by atoms with Gasteiger partial charge in [-0.25, -0.2) is 13.8 Å². The molecule has 0 saturated carbocycles.